The Morgan fingerprint density at radius 3 is 2.37 bits per heavy atom. The highest BCUT2D eigenvalue weighted by Gasteiger charge is 2.45. The molecule has 0 unspecified atom stereocenters. The summed E-state index contributed by atoms with van der Waals surface area (Å²) in [5, 5.41) is 9.53. The molecule has 3 aromatic rings. The molecular weight excluding hydrogens is 504 g/mol. The maximum Gasteiger partial charge on any atom is 0.269 e. The van der Waals surface area contributed by atoms with Crippen LogP contribution in [0.3, 0.4) is 0 Å². The first-order valence-corrected chi connectivity index (χ1v) is 12.8. The number of amides is 2. The van der Waals surface area contributed by atoms with E-state index in [2.05, 4.69) is 25.7 Å². The van der Waals surface area contributed by atoms with Gasteiger partial charge in [0, 0.05) is 51.9 Å². The van der Waals surface area contributed by atoms with Gasteiger partial charge in [0.25, 0.3) is 5.91 Å². The van der Waals surface area contributed by atoms with Gasteiger partial charge < -0.3 is 15.6 Å². The second-order valence-corrected chi connectivity index (χ2v) is 10.1. The lowest BCUT2D eigenvalue weighted by Gasteiger charge is -2.34. The lowest BCUT2D eigenvalue weighted by atomic mass is 9.79. The molecule has 2 saturated carbocycles. The topological polar surface area (TPSA) is 105 Å². The van der Waals surface area contributed by atoms with Crippen LogP contribution >= 0.6 is 0 Å². The molecule has 2 aliphatic carbocycles. The van der Waals surface area contributed by atoms with Gasteiger partial charge in [0.15, 0.2) is 0 Å². The van der Waals surface area contributed by atoms with Crippen molar-refractivity contribution in [3.05, 3.63) is 47.5 Å². The third kappa shape index (κ3) is 7.55. The Hall–Kier alpha value is -3.44. The maximum atomic E-state index is 12.9. The molecule has 8 nitrogen and oxygen atoms in total. The number of fused-ring (bicyclic) bond motifs is 1. The van der Waals surface area contributed by atoms with Crippen molar-refractivity contribution >= 4 is 22.8 Å². The number of carbonyl (C=O) groups excluding carboxylic acids is 2. The van der Waals surface area contributed by atoms with Crippen molar-refractivity contribution in [2.24, 2.45) is 13.0 Å². The molecule has 0 atom stereocenters. The summed E-state index contributed by atoms with van der Waals surface area (Å²) in [6, 6.07) is 7.17. The number of rotatable bonds is 7. The standard InChI is InChI=1S/C20H22F2N6O2.C6H10F2/c1-28-16(4-5-25-28)19(30)24-11-17-26-14-3-2-12(6-15(14)27-17)10-23-18(29)7-13-8-20(21,22)9-13;7-6(8)4-2-1-3-5-6/h2-6,13H,7-11H2,1H3,(H,23,29)(H,24,30)(H,26,27);1-5H2. The molecule has 206 valence electrons. The summed E-state index contributed by atoms with van der Waals surface area (Å²) in [6.45, 7) is 0.542. The number of benzene rings is 1. The van der Waals surface area contributed by atoms with Crippen LogP contribution < -0.4 is 10.6 Å². The Balaban J connectivity index is 0.000000360. The normalized spacial score (nSPS) is 18.2. The summed E-state index contributed by atoms with van der Waals surface area (Å²) in [7, 11) is 1.69. The Morgan fingerprint density at radius 1 is 1.03 bits per heavy atom. The number of H-pyrrole nitrogens is 1. The summed E-state index contributed by atoms with van der Waals surface area (Å²) < 4.78 is 51.6. The van der Waals surface area contributed by atoms with E-state index in [0.29, 0.717) is 30.9 Å². The molecule has 2 fully saturated rings. The molecule has 0 spiro atoms. The predicted molar refractivity (Wildman–Crippen MR) is 133 cm³/mol. The van der Waals surface area contributed by atoms with Crippen molar-refractivity contribution in [3.63, 3.8) is 0 Å². The van der Waals surface area contributed by atoms with E-state index in [9.17, 15) is 27.2 Å². The highest BCUT2D eigenvalue weighted by Crippen LogP contribution is 2.43. The van der Waals surface area contributed by atoms with E-state index >= 15 is 0 Å². The van der Waals surface area contributed by atoms with Crippen LogP contribution in [0.2, 0.25) is 0 Å². The second kappa shape index (κ2) is 11.5. The molecule has 12 heteroatoms. The number of alkyl halides is 4. The quantitative estimate of drug-likeness (QED) is 0.375. The number of hydrogen-bond donors (Lipinski definition) is 3. The van der Waals surface area contributed by atoms with Crippen molar-refractivity contribution in [2.45, 2.75) is 76.3 Å². The molecule has 1 aromatic carbocycles. The minimum absolute atomic E-state index is 0.118. The summed E-state index contributed by atoms with van der Waals surface area (Å²) in [5.41, 5.74) is 2.84. The van der Waals surface area contributed by atoms with Gasteiger partial charge >= 0.3 is 0 Å². The second-order valence-electron chi connectivity index (χ2n) is 10.1. The van der Waals surface area contributed by atoms with Crippen molar-refractivity contribution < 1.29 is 27.2 Å². The number of aromatic nitrogens is 4. The number of nitrogens with zero attached hydrogens (tertiary/aromatic N) is 3. The van der Waals surface area contributed by atoms with E-state index in [-0.39, 0.29) is 56.4 Å². The van der Waals surface area contributed by atoms with Gasteiger partial charge in [-0.15, -0.1) is 0 Å². The van der Waals surface area contributed by atoms with E-state index in [1.807, 2.05) is 18.2 Å². The summed E-state index contributed by atoms with van der Waals surface area (Å²) in [5.74, 6) is -5.03. The van der Waals surface area contributed by atoms with Crippen LogP contribution in [0.25, 0.3) is 11.0 Å². The Bertz CT molecular complexity index is 1260. The van der Waals surface area contributed by atoms with E-state index < -0.39 is 11.8 Å². The Labute approximate surface area is 217 Å². The lowest BCUT2D eigenvalue weighted by Crippen LogP contribution is -2.38. The van der Waals surface area contributed by atoms with Gasteiger partial charge in [0.2, 0.25) is 17.8 Å². The highest BCUT2D eigenvalue weighted by molar-refractivity contribution is 5.92. The molecule has 0 aliphatic heterocycles. The molecule has 2 amide bonds. The lowest BCUT2D eigenvalue weighted by molar-refractivity contribution is -0.133. The maximum absolute atomic E-state index is 12.9. The van der Waals surface area contributed by atoms with Gasteiger partial charge in [-0.3, -0.25) is 14.3 Å². The molecule has 0 saturated heterocycles. The van der Waals surface area contributed by atoms with Crippen molar-refractivity contribution in [1.29, 1.82) is 0 Å². The number of imidazole rings is 1. The van der Waals surface area contributed by atoms with Crippen LogP contribution in [0.1, 0.15) is 73.2 Å². The van der Waals surface area contributed by atoms with Gasteiger partial charge in [-0.05, 0) is 42.5 Å². The first-order valence-electron chi connectivity index (χ1n) is 12.8. The van der Waals surface area contributed by atoms with Gasteiger partial charge in [-0.25, -0.2) is 22.5 Å². The van der Waals surface area contributed by atoms with E-state index in [1.54, 1.807) is 19.3 Å². The number of aryl methyl sites for hydroxylation is 1. The van der Waals surface area contributed by atoms with Crippen molar-refractivity contribution in [2.75, 3.05) is 0 Å². The molecule has 2 aromatic heterocycles. The number of carbonyl (C=O) groups is 2. The number of nitrogens with one attached hydrogen (secondary N) is 3. The monoisotopic (exact) mass is 536 g/mol. The summed E-state index contributed by atoms with van der Waals surface area (Å²) in [6.07, 6.45) is 3.93. The van der Waals surface area contributed by atoms with E-state index in [4.69, 9.17) is 0 Å². The highest BCUT2D eigenvalue weighted by atomic mass is 19.3. The van der Waals surface area contributed by atoms with Crippen LogP contribution in [-0.4, -0.2) is 43.4 Å². The first kappa shape index (κ1) is 27.6. The SMILES string of the molecule is Cn1nccc1C(=O)NCc1nc2ccc(CNC(=O)CC3CC(F)(F)C3)cc2[nH]1.FC1(F)CCCCC1. The minimum atomic E-state index is -2.61. The Morgan fingerprint density at radius 2 is 1.76 bits per heavy atom. The molecule has 2 heterocycles. The summed E-state index contributed by atoms with van der Waals surface area (Å²) in [4.78, 5) is 31.7. The average molecular weight is 537 g/mol. The van der Waals surface area contributed by atoms with Crippen LogP contribution in [0.4, 0.5) is 17.6 Å². The van der Waals surface area contributed by atoms with Crippen LogP contribution in [0.5, 0.6) is 0 Å². The predicted octanol–water partition coefficient (Wildman–Crippen LogP) is 4.86. The molecule has 0 bridgehead atoms. The van der Waals surface area contributed by atoms with Gasteiger partial charge in [-0.1, -0.05) is 12.5 Å². The Kier molecular flexibility index (Phi) is 8.37. The first-order chi connectivity index (χ1) is 18.0. The zero-order valence-corrected chi connectivity index (χ0v) is 21.2. The van der Waals surface area contributed by atoms with E-state index in [1.165, 1.54) is 4.68 Å². The molecule has 2 aliphatic rings. The van der Waals surface area contributed by atoms with Crippen molar-refractivity contribution in [3.8, 4) is 0 Å². The van der Waals surface area contributed by atoms with Crippen molar-refractivity contribution in [1.82, 2.24) is 30.4 Å². The van der Waals surface area contributed by atoms with Gasteiger partial charge in [-0.2, -0.15) is 5.10 Å². The number of aromatic amines is 1. The zero-order valence-electron chi connectivity index (χ0n) is 21.2. The van der Waals surface area contributed by atoms with Gasteiger partial charge in [0.05, 0.1) is 17.6 Å². The fraction of sp³-hybridized carbons (Fsp3) is 0.538. The zero-order chi connectivity index (χ0) is 27.3. The molecule has 38 heavy (non-hydrogen) atoms. The number of halogens is 4. The summed E-state index contributed by atoms with van der Waals surface area (Å²) >= 11 is 0. The molecule has 0 radical (unpaired) electrons. The van der Waals surface area contributed by atoms with Crippen LogP contribution in [0, 0.1) is 5.92 Å². The minimum Gasteiger partial charge on any atom is -0.352 e. The fourth-order valence-electron chi connectivity index (χ4n) is 4.69. The third-order valence-electron chi connectivity index (χ3n) is 6.79. The fourth-order valence-corrected chi connectivity index (χ4v) is 4.69. The largest absolute Gasteiger partial charge is 0.352 e. The van der Waals surface area contributed by atoms with Gasteiger partial charge in [0.1, 0.15) is 11.5 Å². The smallest absolute Gasteiger partial charge is 0.269 e. The van der Waals surface area contributed by atoms with Crippen LogP contribution in [0.15, 0.2) is 30.5 Å². The molecular formula is C26H32F4N6O2. The third-order valence-corrected chi connectivity index (χ3v) is 6.79. The molecule has 3 N–H and O–H groups in total. The van der Waals surface area contributed by atoms with Crippen LogP contribution in [-0.2, 0) is 24.9 Å². The van der Waals surface area contributed by atoms with E-state index in [0.717, 1.165) is 23.0 Å². The number of hydrogen-bond acceptors (Lipinski definition) is 4. The average Bonchev–Trinajstić information content (AvgIpc) is 3.45. The molecule has 5 rings (SSSR count).